The molecule has 3 aromatic carbocycles. The largest absolute Gasteiger partial charge is 0.322 e. The topological polar surface area (TPSA) is 26.0 Å². The van der Waals surface area contributed by atoms with Crippen molar-refractivity contribution in [1.29, 1.82) is 0 Å². The van der Waals surface area contributed by atoms with Crippen LogP contribution in [-0.2, 0) is 4.75 Å². The number of hydrogen-bond acceptors (Lipinski definition) is 2. The third kappa shape index (κ3) is 3.30. The van der Waals surface area contributed by atoms with Gasteiger partial charge in [-0.2, -0.15) is 0 Å². The predicted molar refractivity (Wildman–Crippen MR) is 95.7 cm³/mol. The van der Waals surface area contributed by atoms with Crippen LogP contribution < -0.4 is 5.73 Å². The standard InChI is InChI=1S/C20H16F3NS/c21-16-9-5-14(6-10-16)20(25-13-24,15-7-11-17(22)12-8-15)18-3-1-2-4-19(18)23/h1-12H,13,24H2. The molecule has 0 fully saturated rings. The normalized spacial score (nSPS) is 11.5. The summed E-state index contributed by atoms with van der Waals surface area (Å²) in [6.07, 6.45) is 0. The first-order chi connectivity index (χ1) is 12.1. The molecule has 0 spiro atoms. The van der Waals surface area contributed by atoms with Crippen LogP contribution in [0.25, 0.3) is 0 Å². The second-order valence-corrected chi connectivity index (χ2v) is 6.72. The Balaban J connectivity index is 2.33. The Hall–Kier alpha value is -2.24. The van der Waals surface area contributed by atoms with Gasteiger partial charge in [-0.05, 0) is 41.5 Å². The van der Waals surface area contributed by atoms with Crippen molar-refractivity contribution in [2.45, 2.75) is 4.75 Å². The minimum atomic E-state index is -1.01. The second-order valence-electron chi connectivity index (χ2n) is 5.49. The summed E-state index contributed by atoms with van der Waals surface area (Å²) >= 11 is 1.30. The molecule has 0 saturated heterocycles. The van der Waals surface area contributed by atoms with Gasteiger partial charge in [0.2, 0.25) is 0 Å². The average Bonchev–Trinajstić information content (AvgIpc) is 2.62. The minimum absolute atomic E-state index is 0.198. The van der Waals surface area contributed by atoms with Crippen molar-refractivity contribution in [3.05, 3.63) is 107 Å². The molecule has 3 aromatic rings. The Kier molecular flexibility index (Phi) is 5.16. The lowest BCUT2D eigenvalue weighted by Gasteiger charge is -2.35. The fraction of sp³-hybridized carbons (Fsp3) is 0.100. The molecule has 5 heteroatoms. The summed E-state index contributed by atoms with van der Waals surface area (Å²) in [5.41, 5.74) is 7.56. The summed E-state index contributed by atoms with van der Waals surface area (Å²) in [5, 5.41) is 0. The molecule has 0 aliphatic rings. The first kappa shape index (κ1) is 17.6. The van der Waals surface area contributed by atoms with Crippen molar-refractivity contribution >= 4 is 11.8 Å². The zero-order chi connectivity index (χ0) is 17.9. The lowest BCUT2D eigenvalue weighted by atomic mass is 9.83. The maximum absolute atomic E-state index is 14.7. The molecule has 0 saturated carbocycles. The number of thioether (sulfide) groups is 1. The monoisotopic (exact) mass is 359 g/mol. The summed E-state index contributed by atoms with van der Waals surface area (Å²) in [7, 11) is 0. The van der Waals surface area contributed by atoms with Gasteiger partial charge in [0.05, 0.1) is 4.75 Å². The molecule has 0 radical (unpaired) electrons. The van der Waals surface area contributed by atoms with Gasteiger partial charge in [0, 0.05) is 11.4 Å². The predicted octanol–water partition coefficient (Wildman–Crippen LogP) is 5.05. The quantitative estimate of drug-likeness (QED) is 0.510. The molecule has 0 bridgehead atoms. The highest BCUT2D eigenvalue weighted by atomic mass is 32.2. The van der Waals surface area contributed by atoms with E-state index in [2.05, 4.69) is 0 Å². The molecule has 0 aromatic heterocycles. The van der Waals surface area contributed by atoms with Gasteiger partial charge in [-0.25, -0.2) is 13.2 Å². The van der Waals surface area contributed by atoms with Gasteiger partial charge < -0.3 is 5.73 Å². The van der Waals surface area contributed by atoms with Gasteiger partial charge in [-0.15, -0.1) is 11.8 Å². The molecule has 1 nitrogen and oxygen atoms in total. The number of nitrogens with two attached hydrogens (primary N) is 1. The average molecular weight is 359 g/mol. The Morgan fingerprint density at radius 2 is 1.20 bits per heavy atom. The number of rotatable bonds is 5. The van der Waals surface area contributed by atoms with E-state index >= 15 is 0 Å². The van der Waals surface area contributed by atoms with Crippen LogP contribution in [0.3, 0.4) is 0 Å². The van der Waals surface area contributed by atoms with Crippen molar-refractivity contribution in [2.24, 2.45) is 5.73 Å². The summed E-state index contributed by atoms with van der Waals surface area (Å²) < 4.78 is 40.6. The van der Waals surface area contributed by atoms with Crippen LogP contribution in [0.5, 0.6) is 0 Å². The minimum Gasteiger partial charge on any atom is -0.322 e. The highest BCUT2D eigenvalue weighted by molar-refractivity contribution is 8.00. The van der Waals surface area contributed by atoms with E-state index < -0.39 is 10.6 Å². The lowest BCUT2D eigenvalue weighted by molar-refractivity contribution is 0.598. The van der Waals surface area contributed by atoms with Crippen LogP contribution in [0.1, 0.15) is 16.7 Å². The first-order valence-electron chi connectivity index (χ1n) is 7.69. The van der Waals surface area contributed by atoms with Gasteiger partial charge in [0.1, 0.15) is 17.5 Å². The van der Waals surface area contributed by atoms with E-state index in [1.54, 1.807) is 42.5 Å². The molecule has 0 amide bonds. The van der Waals surface area contributed by atoms with E-state index in [1.807, 2.05) is 0 Å². The highest BCUT2D eigenvalue weighted by Gasteiger charge is 2.38. The summed E-state index contributed by atoms with van der Waals surface area (Å²) in [6.45, 7) is 0. The molecule has 0 atom stereocenters. The third-order valence-corrected chi connectivity index (χ3v) is 5.35. The maximum atomic E-state index is 14.7. The van der Waals surface area contributed by atoms with Gasteiger partial charge in [-0.3, -0.25) is 0 Å². The third-order valence-electron chi connectivity index (χ3n) is 4.05. The molecule has 0 aliphatic carbocycles. The molecule has 2 N–H and O–H groups in total. The second kappa shape index (κ2) is 7.33. The zero-order valence-corrected chi connectivity index (χ0v) is 14.1. The van der Waals surface area contributed by atoms with Crippen molar-refractivity contribution in [3.63, 3.8) is 0 Å². The van der Waals surface area contributed by atoms with Crippen molar-refractivity contribution < 1.29 is 13.2 Å². The van der Waals surface area contributed by atoms with E-state index in [0.29, 0.717) is 16.7 Å². The van der Waals surface area contributed by atoms with Crippen LogP contribution in [0.4, 0.5) is 13.2 Å². The Morgan fingerprint density at radius 3 is 1.64 bits per heavy atom. The Labute approximate surface area is 148 Å². The van der Waals surface area contributed by atoms with Gasteiger partial charge >= 0.3 is 0 Å². The van der Waals surface area contributed by atoms with Gasteiger partial charge in [0.15, 0.2) is 0 Å². The smallest absolute Gasteiger partial charge is 0.128 e. The van der Waals surface area contributed by atoms with E-state index in [4.69, 9.17) is 5.73 Å². The lowest BCUT2D eigenvalue weighted by Crippen LogP contribution is -2.28. The van der Waals surface area contributed by atoms with Crippen LogP contribution in [0.15, 0.2) is 72.8 Å². The zero-order valence-electron chi connectivity index (χ0n) is 13.3. The first-order valence-corrected chi connectivity index (χ1v) is 8.67. The number of benzene rings is 3. The molecular weight excluding hydrogens is 343 g/mol. The Morgan fingerprint density at radius 1 is 0.720 bits per heavy atom. The number of halogens is 3. The molecule has 3 rings (SSSR count). The van der Waals surface area contributed by atoms with Crippen LogP contribution in [0, 0.1) is 17.5 Å². The van der Waals surface area contributed by atoms with Crippen LogP contribution in [-0.4, -0.2) is 5.88 Å². The molecule has 0 heterocycles. The fourth-order valence-electron chi connectivity index (χ4n) is 2.96. The molecular formula is C20H16F3NS. The molecule has 0 unspecified atom stereocenters. The summed E-state index contributed by atoms with van der Waals surface area (Å²) in [6, 6.07) is 18.1. The van der Waals surface area contributed by atoms with E-state index in [9.17, 15) is 13.2 Å². The maximum Gasteiger partial charge on any atom is 0.128 e. The van der Waals surface area contributed by atoms with Crippen molar-refractivity contribution in [3.8, 4) is 0 Å². The summed E-state index contributed by atoms with van der Waals surface area (Å²) in [4.78, 5) is 0. The van der Waals surface area contributed by atoms with E-state index in [1.165, 1.54) is 42.1 Å². The van der Waals surface area contributed by atoms with Crippen molar-refractivity contribution in [2.75, 3.05) is 5.88 Å². The SMILES string of the molecule is NCSC(c1ccc(F)cc1)(c1ccc(F)cc1)c1ccccc1F. The fourth-order valence-corrected chi connectivity index (χ4v) is 4.14. The molecule has 128 valence electrons. The van der Waals surface area contributed by atoms with E-state index in [-0.39, 0.29) is 17.5 Å². The molecule has 25 heavy (non-hydrogen) atoms. The van der Waals surface area contributed by atoms with Crippen LogP contribution in [0.2, 0.25) is 0 Å². The van der Waals surface area contributed by atoms with E-state index in [0.717, 1.165) is 0 Å². The molecule has 0 aliphatic heterocycles. The summed E-state index contributed by atoms with van der Waals surface area (Å²) in [5.74, 6) is -0.980. The number of hydrogen-bond donors (Lipinski definition) is 1. The highest BCUT2D eigenvalue weighted by Crippen LogP contribution is 2.48. The van der Waals surface area contributed by atoms with Crippen LogP contribution >= 0.6 is 11.8 Å². The van der Waals surface area contributed by atoms with Gasteiger partial charge in [0.25, 0.3) is 0 Å². The van der Waals surface area contributed by atoms with Gasteiger partial charge in [-0.1, -0.05) is 42.5 Å². The Bertz CT molecular complexity index is 802. The van der Waals surface area contributed by atoms with Crippen molar-refractivity contribution in [1.82, 2.24) is 0 Å².